The van der Waals surface area contributed by atoms with Gasteiger partial charge < -0.3 is 9.08 Å². The molecule has 1 aromatic rings. The molecule has 0 aromatic heterocycles. The molecule has 0 saturated carbocycles. The number of hydrogen-bond acceptors (Lipinski definition) is 4. The Morgan fingerprint density at radius 3 is 2.32 bits per heavy atom. The fourth-order valence-electron chi connectivity index (χ4n) is 2.30. The number of nitrogens with zero attached hydrogens (tertiary/aromatic N) is 1. The number of carbonyl (C=O) groups excluding carboxylic acids is 1. The standard InChI is InChI=1S/C19H31NO4S/c1-7-16(6)20(19(21)11-14(2)3)13-17-9-8-10-18(12-17)24-25(22,23)15(4)5/h8-10,12,14-16H,7,11,13H2,1-6H3. The van der Waals surface area contributed by atoms with Crippen molar-refractivity contribution in [2.75, 3.05) is 0 Å². The lowest BCUT2D eigenvalue weighted by Crippen LogP contribution is -2.38. The highest BCUT2D eigenvalue weighted by Gasteiger charge is 2.21. The van der Waals surface area contributed by atoms with Gasteiger partial charge in [0.15, 0.2) is 0 Å². The molecule has 5 nitrogen and oxygen atoms in total. The summed E-state index contributed by atoms with van der Waals surface area (Å²) in [7, 11) is -3.63. The lowest BCUT2D eigenvalue weighted by Gasteiger charge is -2.29. The summed E-state index contributed by atoms with van der Waals surface area (Å²) >= 11 is 0. The fourth-order valence-corrected chi connectivity index (χ4v) is 2.86. The predicted molar refractivity (Wildman–Crippen MR) is 101 cm³/mol. The second-order valence-electron chi connectivity index (χ2n) is 7.15. The molecule has 0 aliphatic rings. The fraction of sp³-hybridized carbons (Fsp3) is 0.632. The summed E-state index contributed by atoms with van der Waals surface area (Å²) in [5.41, 5.74) is 0.855. The predicted octanol–water partition coefficient (Wildman–Crippen LogP) is 3.98. The average Bonchev–Trinajstić information content (AvgIpc) is 2.50. The first-order valence-corrected chi connectivity index (χ1v) is 10.4. The summed E-state index contributed by atoms with van der Waals surface area (Å²) in [4.78, 5) is 14.4. The zero-order chi connectivity index (χ0) is 19.2. The summed E-state index contributed by atoms with van der Waals surface area (Å²) in [6, 6.07) is 7.07. The Bertz CT molecular complexity index is 668. The van der Waals surface area contributed by atoms with Gasteiger partial charge in [-0.05, 0) is 50.8 Å². The third kappa shape index (κ3) is 6.69. The molecule has 1 rings (SSSR count). The van der Waals surface area contributed by atoms with Gasteiger partial charge in [-0.15, -0.1) is 0 Å². The molecular formula is C19H31NO4S. The highest BCUT2D eigenvalue weighted by Crippen LogP contribution is 2.20. The molecule has 0 saturated heterocycles. The Kier molecular flexibility index (Phi) is 7.93. The van der Waals surface area contributed by atoms with Gasteiger partial charge in [-0.1, -0.05) is 32.9 Å². The minimum Gasteiger partial charge on any atom is -0.382 e. The van der Waals surface area contributed by atoms with Crippen LogP contribution in [0.1, 0.15) is 59.9 Å². The highest BCUT2D eigenvalue weighted by atomic mass is 32.2. The Labute approximate surface area is 152 Å². The minimum absolute atomic E-state index is 0.116. The van der Waals surface area contributed by atoms with Crippen molar-refractivity contribution in [2.45, 2.75) is 72.2 Å². The Morgan fingerprint density at radius 2 is 1.80 bits per heavy atom. The van der Waals surface area contributed by atoms with Gasteiger partial charge in [0.05, 0.1) is 5.25 Å². The van der Waals surface area contributed by atoms with E-state index in [0.29, 0.717) is 18.9 Å². The highest BCUT2D eigenvalue weighted by molar-refractivity contribution is 7.87. The van der Waals surface area contributed by atoms with E-state index in [1.54, 1.807) is 32.0 Å². The minimum atomic E-state index is -3.63. The summed E-state index contributed by atoms with van der Waals surface area (Å²) in [5, 5.41) is -0.611. The van der Waals surface area contributed by atoms with Gasteiger partial charge in [0.25, 0.3) is 0 Å². The number of benzene rings is 1. The van der Waals surface area contributed by atoms with Crippen LogP contribution in [-0.2, 0) is 21.5 Å². The topological polar surface area (TPSA) is 63.7 Å². The third-order valence-corrected chi connectivity index (χ3v) is 5.65. The summed E-state index contributed by atoms with van der Waals surface area (Å²) < 4.78 is 29.0. The van der Waals surface area contributed by atoms with E-state index >= 15 is 0 Å². The molecule has 25 heavy (non-hydrogen) atoms. The van der Waals surface area contributed by atoms with Crippen LogP contribution < -0.4 is 4.18 Å². The van der Waals surface area contributed by atoms with Gasteiger partial charge in [-0.2, -0.15) is 8.42 Å². The maximum atomic E-state index is 12.6. The van der Waals surface area contributed by atoms with E-state index in [1.165, 1.54) is 0 Å². The summed E-state index contributed by atoms with van der Waals surface area (Å²) in [5.74, 6) is 0.696. The molecular weight excluding hydrogens is 338 g/mol. The van der Waals surface area contributed by atoms with E-state index < -0.39 is 15.4 Å². The smallest absolute Gasteiger partial charge is 0.311 e. The van der Waals surface area contributed by atoms with Crippen LogP contribution in [0, 0.1) is 5.92 Å². The molecule has 142 valence electrons. The first kappa shape index (κ1) is 21.5. The molecule has 6 heteroatoms. The largest absolute Gasteiger partial charge is 0.382 e. The van der Waals surface area contributed by atoms with E-state index in [2.05, 4.69) is 6.92 Å². The van der Waals surface area contributed by atoms with Crippen LogP contribution in [0.2, 0.25) is 0 Å². The number of hydrogen-bond donors (Lipinski definition) is 0. The van der Waals surface area contributed by atoms with Gasteiger partial charge in [0.2, 0.25) is 5.91 Å². The van der Waals surface area contributed by atoms with Crippen LogP contribution >= 0.6 is 0 Å². The van der Waals surface area contributed by atoms with E-state index in [-0.39, 0.29) is 17.7 Å². The van der Waals surface area contributed by atoms with Crippen molar-refractivity contribution in [3.63, 3.8) is 0 Å². The van der Waals surface area contributed by atoms with E-state index in [9.17, 15) is 13.2 Å². The van der Waals surface area contributed by atoms with Crippen molar-refractivity contribution in [3.05, 3.63) is 29.8 Å². The zero-order valence-electron chi connectivity index (χ0n) is 16.2. The normalized spacial score (nSPS) is 13.1. The molecule has 0 bridgehead atoms. The zero-order valence-corrected chi connectivity index (χ0v) is 17.0. The molecule has 0 fully saturated rings. The Hall–Kier alpha value is -1.56. The molecule has 0 spiro atoms. The van der Waals surface area contributed by atoms with Crippen LogP contribution in [0.15, 0.2) is 24.3 Å². The molecule has 1 unspecified atom stereocenters. The first-order chi connectivity index (χ1) is 11.6. The van der Waals surface area contributed by atoms with E-state index in [0.717, 1.165) is 12.0 Å². The monoisotopic (exact) mass is 369 g/mol. The maximum absolute atomic E-state index is 12.6. The summed E-state index contributed by atoms with van der Waals surface area (Å²) in [6.45, 7) is 11.7. The quantitative estimate of drug-likeness (QED) is 0.618. The molecule has 0 heterocycles. The van der Waals surface area contributed by atoms with Crippen molar-refractivity contribution in [1.29, 1.82) is 0 Å². The van der Waals surface area contributed by atoms with Gasteiger partial charge in [-0.3, -0.25) is 4.79 Å². The van der Waals surface area contributed by atoms with Crippen LogP contribution in [-0.4, -0.2) is 30.5 Å². The van der Waals surface area contributed by atoms with Crippen LogP contribution in [0.3, 0.4) is 0 Å². The molecule has 1 amide bonds. The van der Waals surface area contributed by atoms with Gasteiger partial charge in [0.1, 0.15) is 5.75 Å². The van der Waals surface area contributed by atoms with Crippen molar-refractivity contribution in [2.24, 2.45) is 5.92 Å². The molecule has 0 N–H and O–H groups in total. The van der Waals surface area contributed by atoms with Crippen molar-refractivity contribution < 1.29 is 17.4 Å². The maximum Gasteiger partial charge on any atom is 0.311 e. The van der Waals surface area contributed by atoms with Crippen LogP contribution in [0.4, 0.5) is 0 Å². The Morgan fingerprint density at radius 1 is 1.16 bits per heavy atom. The van der Waals surface area contributed by atoms with Gasteiger partial charge in [-0.25, -0.2) is 0 Å². The van der Waals surface area contributed by atoms with Crippen LogP contribution in [0.25, 0.3) is 0 Å². The summed E-state index contributed by atoms with van der Waals surface area (Å²) in [6.07, 6.45) is 1.37. The van der Waals surface area contributed by atoms with E-state index in [1.807, 2.05) is 31.7 Å². The SMILES string of the molecule is CCC(C)N(Cc1cccc(OS(=O)(=O)C(C)C)c1)C(=O)CC(C)C. The lowest BCUT2D eigenvalue weighted by molar-refractivity contribution is -0.134. The van der Waals surface area contributed by atoms with E-state index in [4.69, 9.17) is 4.18 Å². The number of rotatable bonds is 9. The lowest BCUT2D eigenvalue weighted by atomic mass is 10.1. The number of carbonyl (C=O) groups is 1. The average molecular weight is 370 g/mol. The molecule has 0 aliphatic carbocycles. The van der Waals surface area contributed by atoms with Crippen molar-refractivity contribution in [1.82, 2.24) is 4.90 Å². The third-order valence-electron chi connectivity index (χ3n) is 4.07. The molecule has 0 radical (unpaired) electrons. The first-order valence-electron chi connectivity index (χ1n) is 8.88. The van der Waals surface area contributed by atoms with Crippen LogP contribution in [0.5, 0.6) is 5.75 Å². The molecule has 1 aromatic carbocycles. The Balaban J connectivity index is 2.98. The molecule has 1 atom stereocenters. The van der Waals surface area contributed by atoms with Gasteiger partial charge >= 0.3 is 10.1 Å². The second-order valence-corrected chi connectivity index (χ2v) is 9.24. The second kappa shape index (κ2) is 9.22. The van der Waals surface area contributed by atoms with Crippen molar-refractivity contribution >= 4 is 16.0 Å². The molecule has 0 aliphatic heterocycles. The number of amides is 1. The van der Waals surface area contributed by atoms with Gasteiger partial charge in [0, 0.05) is 19.0 Å². The van der Waals surface area contributed by atoms with Crippen molar-refractivity contribution in [3.8, 4) is 5.75 Å².